The second-order valence-corrected chi connectivity index (χ2v) is 7.71. The number of rotatable bonds is 3. The Kier molecular flexibility index (Phi) is 4.76. The first kappa shape index (κ1) is 17.6. The number of allylic oxidation sites excluding steroid dienone is 1. The van der Waals surface area contributed by atoms with Gasteiger partial charge < -0.3 is 15.2 Å². The van der Waals surface area contributed by atoms with E-state index in [4.69, 9.17) is 4.74 Å². The third-order valence-electron chi connectivity index (χ3n) is 6.62. The normalized spacial score (nSPS) is 33.0. The molecular formula is C21H28N2O3. The quantitative estimate of drug-likeness (QED) is 0.643. The van der Waals surface area contributed by atoms with Crippen LogP contribution in [0.1, 0.15) is 31.2 Å². The maximum absolute atomic E-state index is 12.3. The topological polar surface area (TPSA) is 61.8 Å². The second-order valence-electron chi connectivity index (χ2n) is 7.71. The summed E-state index contributed by atoms with van der Waals surface area (Å²) in [5.74, 6) is -0.288. The minimum atomic E-state index is -0.474. The summed E-state index contributed by atoms with van der Waals surface area (Å²) in [4.78, 5) is 14.8. The molecule has 0 aromatic heterocycles. The van der Waals surface area contributed by atoms with E-state index in [1.54, 1.807) is 0 Å². The number of anilines is 1. The smallest absolute Gasteiger partial charge is 0.311 e. The largest absolute Gasteiger partial charge is 0.469 e. The molecule has 0 amide bonds. The average molecular weight is 356 g/mol. The summed E-state index contributed by atoms with van der Waals surface area (Å²) in [6, 6.07) is 9.46. The number of nitrogens with one attached hydrogen (secondary N) is 1. The highest BCUT2D eigenvalue weighted by molar-refractivity contribution is 5.73. The van der Waals surface area contributed by atoms with Crippen LogP contribution in [0.5, 0.6) is 0 Å². The minimum absolute atomic E-state index is 0.0465. The zero-order valence-corrected chi connectivity index (χ0v) is 15.5. The van der Waals surface area contributed by atoms with Crippen molar-refractivity contribution < 1.29 is 14.6 Å². The second kappa shape index (κ2) is 7.05. The third-order valence-corrected chi connectivity index (χ3v) is 6.62. The number of ether oxygens (including phenoxy) is 1. The van der Waals surface area contributed by atoms with Gasteiger partial charge in [0.25, 0.3) is 0 Å². The summed E-state index contributed by atoms with van der Waals surface area (Å²) in [7, 11) is 1.41. The van der Waals surface area contributed by atoms with E-state index in [9.17, 15) is 9.90 Å². The first-order chi connectivity index (χ1) is 12.7. The molecule has 0 radical (unpaired) electrons. The lowest BCUT2D eigenvalue weighted by molar-refractivity contribution is -0.149. The van der Waals surface area contributed by atoms with Gasteiger partial charge in [-0.15, -0.1) is 0 Å². The Labute approximate surface area is 155 Å². The summed E-state index contributed by atoms with van der Waals surface area (Å²) >= 11 is 0. The van der Waals surface area contributed by atoms with Gasteiger partial charge in [0, 0.05) is 36.8 Å². The van der Waals surface area contributed by atoms with Gasteiger partial charge in [0.2, 0.25) is 0 Å². The zero-order chi connectivity index (χ0) is 18.3. The molecule has 2 fully saturated rings. The fraction of sp³-hybridized carbons (Fsp3) is 0.571. The molecule has 26 heavy (non-hydrogen) atoms. The Morgan fingerprint density at radius 3 is 3.00 bits per heavy atom. The summed E-state index contributed by atoms with van der Waals surface area (Å²) in [5, 5.41) is 13.6. The molecule has 2 N–H and O–H groups in total. The number of benzene rings is 1. The molecule has 0 saturated carbocycles. The number of piperidine rings is 2. The van der Waals surface area contributed by atoms with Crippen LogP contribution in [0.25, 0.3) is 0 Å². The molecule has 1 aromatic rings. The van der Waals surface area contributed by atoms with Crippen molar-refractivity contribution in [2.75, 3.05) is 32.1 Å². The van der Waals surface area contributed by atoms with Gasteiger partial charge in [0.05, 0.1) is 19.6 Å². The molecule has 0 bridgehead atoms. The van der Waals surface area contributed by atoms with Crippen LogP contribution in [-0.2, 0) is 9.53 Å². The molecule has 3 aliphatic rings. The van der Waals surface area contributed by atoms with Crippen LogP contribution in [0.4, 0.5) is 5.69 Å². The van der Waals surface area contributed by atoms with Crippen LogP contribution in [0.3, 0.4) is 0 Å². The van der Waals surface area contributed by atoms with Gasteiger partial charge >= 0.3 is 5.97 Å². The van der Waals surface area contributed by atoms with Gasteiger partial charge in [-0.05, 0) is 37.3 Å². The van der Waals surface area contributed by atoms with Crippen LogP contribution in [-0.4, -0.2) is 54.9 Å². The number of methoxy groups -OCH3 is 1. The van der Waals surface area contributed by atoms with Crippen molar-refractivity contribution in [2.45, 2.75) is 37.8 Å². The lowest BCUT2D eigenvalue weighted by Crippen LogP contribution is -2.55. The van der Waals surface area contributed by atoms with E-state index >= 15 is 0 Å². The Hall–Kier alpha value is -1.85. The van der Waals surface area contributed by atoms with Crippen molar-refractivity contribution in [3.8, 4) is 0 Å². The van der Waals surface area contributed by atoms with Gasteiger partial charge in [-0.1, -0.05) is 29.8 Å². The van der Waals surface area contributed by atoms with Crippen molar-refractivity contribution in [3.63, 3.8) is 0 Å². The molecule has 2 saturated heterocycles. The number of esters is 1. The molecule has 5 heteroatoms. The number of aliphatic hydroxyl groups is 1. The van der Waals surface area contributed by atoms with E-state index in [-0.39, 0.29) is 18.5 Å². The number of carbonyl (C=O) groups is 1. The summed E-state index contributed by atoms with van der Waals surface area (Å²) in [6.07, 6.45) is 4.15. The zero-order valence-electron chi connectivity index (χ0n) is 15.5. The van der Waals surface area contributed by atoms with Crippen LogP contribution in [0.2, 0.25) is 0 Å². The van der Waals surface area contributed by atoms with E-state index in [0.29, 0.717) is 18.0 Å². The van der Waals surface area contributed by atoms with Crippen molar-refractivity contribution in [3.05, 3.63) is 41.5 Å². The lowest BCUT2D eigenvalue weighted by atomic mass is 9.70. The molecule has 3 aliphatic heterocycles. The number of fused-ring (bicyclic) bond motifs is 5. The first-order valence-corrected chi connectivity index (χ1v) is 9.61. The molecular weight excluding hydrogens is 328 g/mol. The molecule has 0 aliphatic carbocycles. The fourth-order valence-corrected chi connectivity index (χ4v) is 5.35. The summed E-state index contributed by atoms with van der Waals surface area (Å²) < 4.78 is 4.98. The number of para-hydroxylation sites is 1. The highest BCUT2D eigenvalue weighted by Gasteiger charge is 2.48. The Morgan fingerprint density at radius 2 is 2.27 bits per heavy atom. The van der Waals surface area contributed by atoms with E-state index < -0.39 is 5.92 Å². The number of carbonyl (C=O) groups excluding carboxylic acids is 1. The lowest BCUT2D eigenvalue weighted by Gasteiger charge is -2.49. The Balaban J connectivity index is 1.66. The Morgan fingerprint density at radius 1 is 1.46 bits per heavy atom. The molecule has 5 nitrogen and oxygen atoms in total. The highest BCUT2D eigenvalue weighted by Crippen LogP contribution is 2.48. The summed E-state index contributed by atoms with van der Waals surface area (Å²) in [6.45, 7) is 3.82. The van der Waals surface area contributed by atoms with Gasteiger partial charge in [-0.2, -0.15) is 0 Å². The third kappa shape index (κ3) is 2.74. The fourth-order valence-electron chi connectivity index (χ4n) is 5.35. The maximum Gasteiger partial charge on any atom is 0.311 e. The minimum Gasteiger partial charge on any atom is -0.469 e. The molecule has 1 aromatic carbocycles. The summed E-state index contributed by atoms with van der Waals surface area (Å²) in [5.41, 5.74) is 3.90. The molecule has 3 heterocycles. The molecule has 4 rings (SSSR count). The maximum atomic E-state index is 12.3. The standard InChI is InChI=1S/C21H28N2O3/c1-3-13-11-23-9-8-18-20(14-6-4-5-7-17(14)22-18)19(23)10-15(13)16(12-24)21(25)26-2/h3-7,15-16,18-20,22,24H,8-12H2,1-2H3/b13-3-/t15-,16-,18-,19-,20-/m0/s1. The van der Waals surface area contributed by atoms with Crippen LogP contribution >= 0.6 is 0 Å². The Bertz CT molecular complexity index is 717. The highest BCUT2D eigenvalue weighted by atomic mass is 16.5. The van der Waals surface area contributed by atoms with Gasteiger partial charge in [-0.25, -0.2) is 0 Å². The number of aliphatic hydroxyl groups excluding tert-OH is 1. The van der Waals surface area contributed by atoms with Crippen molar-refractivity contribution in [2.24, 2.45) is 11.8 Å². The number of hydrogen-bond donors (Lipinski definition) is 2. The number of hydrogen-bond acceptors (Lipinski definition) is 5. The van der Waals surface area contributed by atoms with Crippen molar-refractivity contribution in [1.82, 2.24) is 4.90 Å². The van der Waals surface area contributed by atoms with Gasteiger partial charge in [-0.3, -0.25) is 9.69 Å². The van der Waals surface area contributed by atoms with Crippen LogP contribution in [0, 0.1) is 11.8 Å². The van der Waals surface area contributed by atoms with Crippen molar-refractivity contribution >= 4 is 11.7 Å². The molecule has 140 valence electrons. The average Bonchev–Trinajstić information content (AvgIpc) is 3.06. The number of nitrogens with zero attached hydrogens (tertiary/aromatic N) is 1. The predicted octanol–water partition coefficient (Wildman–Crippen LogP) is 2.39. The molecule has 5 atom stereocenters. The monoisotopic (exact) mass is 356 g/mol. The first-order valence-electron chi connectivity index (χ1n) is 9.61. The SMILES string of the molecule is C/C=C1/CN2CC[C@@H]3Nc4ccccc4[C@@H]3[C@@H]2C[C@@H]1[C@H](CO)C(=O)OC. The van der Waals surface area contributed by atoms with Gasteiger partial charge in [0.1, 0.15) is 0 Å². The van der Waals surface area contributed by atoms with E-state index in [1.165, 1.54) is 23.9 Å². The van der Waals surface area contributed by atoms with E-state index in [2.05, 4.69) is 40.6 Å². The van der Waals surface area contributed by atoms with Crippen molar-refractivity contribution in [1.29, 1.82) is 0 Å². The van der Waals surface area contributed by atoms with Crippen LogP contribution < -0.4 is 5.32 Å². The van der Waals surface area contributed by atoms with E-state index in [0.717, 1.165) is 25.9 Å². The van der Waals surface area contributed by atoms with Crippen LogP contribution in [0.15, 0.2) is 35.9 Å². The van der Waals surface area contributed by atoms with E-state index in [1.807, 2.05) is 6.92 Å². The molecule has 0 unspecified atom stereocenters. The predicted molar refractivity (Wildman–Crippen MR) is 101 cm³/mol. The molecule has 0 spiro atoms. The van der Waals surface area contributed by atoms with Gasteiger partial charge in [0.15, 0.2) is 0 Å².